The molecular formula is C9H21Cl2N3O4S2. The first-order valence-corrected chi connectivity index (χ1v) is 10.0. The Morgan fingerprint density at radius 2 is 1.50 bits per heavy atom. The molecule has 0 saturated carbocycles. The number of nitrogens with zero attached hydrogens (tertiary/aromatic N) is 2. The second-order valence-corrected chi connectivity index (χ2v) is 8.20. The molecule has 11 heteroatoms. The maximum absolute atomic E-state index is 11.0. The van der Waals surface area contributed by atoms with Gasteiger partial charge in [-0.2, -0.15) is 4.40 Å². The Balaban J connectivity index is 0. The zero-order valence-electron chi connectivity index (χ0n) is 11.5. The SMILES string of the molecule is CN(C)C=NS(=O)(=O)CCCCl.NS(=O)(=O)CCCCl. The van der Waals surface area contributed by atoms with Gasteiger partial charge in [-0.25, -0.2) is 22.0 Å². The van der Waals surface area contributed by atoms with Crippen LogP contribution in [0.3, 0.4) is 0 Å². The fourth-order valence-electron chi connectivity index (χ4n) is 0.712. The lowest BCUT2D eigenvalue weighted by atomic mass is 10.6. The molecule has 20 heavy (non-hydrogen) atoms. The summed E-state index contributed by atoms with van der Waals surface area (Å²) < 4.78 is 45.6. The number of hydrogen-bond donors (Lipinski definition) is 1. The molecule has 122 valence electrons. The smallest absolute Gasteiger partial charge is 0.254 e. The minimum atomic E-state index is -3.30. The number of nitrogens with two attached hydrogens (primary N) is 1. The van der Waals surface area contributed by atoms with Crippen LogP contribution in [0, 0.1) is 0 Å². The Bertz CT molecular complexity index is 464. The van der Waals surface area contributed by atoms with Gasteiger partial charge in [-0.1, -0.05) is 0 Å². The maximum Gasteiger partial charge on any atom is 0.254 e. The van der Waals surface area contributed by atoms with Crippen LogP contribution in [0.2, 0.25) is 0 Å². The number of rotatable bonds is 8. The minimum absolute atomic E-state index is 0.0147. The van der Waals surface area contributed by atoms with Crippen molar-refractivity contribution in [2.75, 3.05) is 37.4 Å². The molecule has 0 atom stereocenters. The lowest BCUT2D eigenvalue weighted by Gasteiger charge is -2.01. The van der Waals surface area contributed by atoms with Crippen molar-refractivity contribution < 1.29 is 16.8 Å². The molecule has 0 rings (SSSR count). The molecule has 7 nitrogen and oxygen atoms in total. The van der Waals surface area contributed by atoms with E-state index < -0.39 is 20.0 Å². The van der Waals surface area contributed by atoms with E-state index in [2.05, 4.69) is 9.54 Å². The van der Waals surface area contributed by atoms with Crippen molar-refractivity contribution in [2.24, 2.45) is 9.54 Å². The van der Waals surface area contributed by atoms with E-state index in [1.165, 1.54) is 6.34 Å². The quantitative estimate of drug-likeness (QED) is 0.379. The third-order valence-corrected chi connectivity index (χ3v) is 4.15. The zero-order valence-corrected chi connectivity index (χ0v) is 14.6. The summed E-state index contributed by atoms with van der Waals surface area (Å²) in [6.07, 6.45) is 2.14. The van der Waals surface area contributed by atoms with Crippen molar-refractivity contribution in [3.63, 3.8) is 0 Å². The van der Waals surface area contributed by atoms with Crippen molar-refractivity contribution in [1.29, 1.82) is 0 Å². The van der Waals surface area contributed by atoms with E-state index in [9.17, 15) is 16.8 Å². The summed E-state index contributed by atoms with van der Waals surface area (Å²) in [6, 6.07) is 0. The number of primary sulfonamides is 1. The highest BCUT2D eigenvalue weighted by molar-refractivity contribution is 7.90. The number of alkyl halides is 2. The van der Waals surface area contributed by atoms with Gasteiger partial charge in [0.2, 0.25) is 10.0 Å². The second-order valence-electron chi connectivity index (χ2n) is 3.92. The first-order valence-electron chi connectivity index (χ1n) is 5.61. The van der Waals surface area contributed by atoms with Gasteiger partial charge in [0.1, 0.15) is 6.34 Å². The average Bonchev–Trinajstić information content (AvgIpc) is 2.31. The first kappa shape index (κ1) is 22.2. The van der Waals surface area contributed by atoms with Gasteiger partial charge in [0.15, 0.2) is 0 Å². The molecule has 2 N–H and O–H groups in total. The van der Waals surface area contributed by atoms with Gasteiger partial charge in [-0.05, 0) is 12.8 Å². The zero-order chi connectivity index (χ0) is 16.2. The third-order valence-electron chi connectivity index (χ3n) is 1.54. The van der Waals surface area contributed by atoms with Crippen LogP contribution >= 0.6 is 23.2 Å². The van der Waals surface area contributed by atoms with Crippen molar-refractivity contribution in [3.8, 4) is 0 Å². The molecule has 0 fully saturated rings. The fourth-order valence-corrected chi connectivity index (χ4v) is 2.79. The standard InChI is InChI=1S/C6H13ClN2O2S.C3H8ClNO2S/c1-9(2)6-8-12(10,11)5-3-4-7;4-2-1-3-8(5,6)7/h6H,3-5H2,1-2H3;1-3H2,(H2,5,6,7). The molecular weight excluding hydrogens is 349 g/mol. The summed E-state index contributed by atoms with van der Waals surface area (Å²) in [5.74, 6) is 0.685. The molecule has 0 radical (unpaired) electrons. The Kier molecular flexibility index (Phi) is 12.8. The van der Waals surface area contributed by atoms with Gasteiger partial charge in [0.25, 0.3) is 10.0 Å². The molecule has 0 aliphatic carbocycles. The van der Waals surface area contributed by atoms with Crippen LogP contribution in [-0.4, -0.2) is 65.4 Å². The van der Waals surface area contributed by atoms with Crippen molar-refractivity contribution in [1.82, 2.24) is 4.90 Å². The lowest BCUT2D eigenvalue weighted by molar-refractivity contribution is 0.593. The van der Waals surface area contributed by atoms with Gasteiger partial charge in [0, 0.05) is 25.9 Å². The molecule has 0 aliphatic heterocycles. The van der Waals surface area contributed by atoms with E-state index in [0.717, 1.165) is 0 Å². The third kappa shape index (κ3) is 20.2. The molecule has 0 heterocycles. The van der Waals surface area contributed by atoms with Gasteiger partial charge in [-0.15, -0.1) is 23.2 Å². The maximum atomic E-state index is 11.0. The lowest BCUT2D eigenvalue weighted by Crippen LogP contribution is -2.16. The van der Waals surface area contributed by atoms with Crippen LogP contribution in [0.4, 0.5) is 0 Å². The Morgan fingerprint density at radius 3 is 1.80 bits per heavy atom. The van der Waals surface area contributed by atoms with Crippen molar-refractivity contribution in [3.05, 3.63) is 0 Å². The summed E-state index contributed by atoms with van der Waals surface area (Å²) in [5.41, 5.74) is 0. The molecule has 0 saturated heterocycles. The number of halogens is 2. The van der Waals surface area contributed by atoms with Crippen LogP contribution in [0.15, 0.2) is 4.40 Å². The molecule has 0 aromatic rings. The van der Waals surface area contributed by atoms with E-state index in [1.54, 1.807) is 19.0 Å². The Hall–Kier alpha value is -0.0900. The van der Waals surface area contributed by atoms with Crippen LogP contribution in [-0.2, 0) is 20.0 Å². The predicted molar refractivity (Wildman–Crippen MR) is 84.6 cm³/mol. The highest BCUT2D eigenvalue weighted by Crippen LogP contribution is 1.96. The molecule has 0 aromatic heterocycles. The van der Waals surface area contributed by atoms with E-state index in [-0.39, 0.29) is 11.5 Å². The highest BCUT2D eigenvalue weighted by Gasteiger charge is 2.05. The van der Waals surface area contributed by atoms with Gasteiger partial charge >= 0.3 is 0 Å². The van der Waals surface area contributed by atoms with E-state index in [4.69, 9.17) is 23.2 Å². The molecule has 0 spiro atoms. The molecule has 0 amide bonds. The van der Waals surface area contributed by atoms with Crippen molar-refractivity contribution >= 4 is 49.6 Å². The normalized spacial score (nSPS) is 12.1. The monoisotopic (exact) mass is 369 g/mol. The predicted octanol–water partition coefficient (Wildman–Crippen LogP) is 0.439. The Labute approximate surface area is 131 Å². The largest absolute Gasteiger partial charge is 0.368 e. The molecule has 0 aromatic carbocycles. The molecule has 0 aliphatic rings. The summed E-state index contributed by atoms with van der Waals surface area (Å²) >= 11 is 10.5. The Morgan fingerprint density at radius 1 is 1.05 bits per heavy atom. The van der Waals surface area contributed by atoms with Crippen LogP contribution < -0.4 is 5.14 Å². The minimum Gasteiger partial charge on any atom is -0.368 e. The van der Waals surface area contributed by atoms with Gasteiger partial charge in [-0.3, -0.25) is 0 Å². The topological polar surface area (TPSA) is 110 Å². The summed E-state index contributed by atoms with van der Waals surface area (Å²) in [7, 11) is -3.15. The second kappa shape index (κ2) is 11.6. The fraction of sp³-hybridized carbons (Fsp3) is 0.889. The van der Waals surface area contributed by atoms with E-state index in [0.29, 0.717) is 24.6 Å². The van der Waals surface area contributed by atoms with Gasteiger partial charge < -0.3 is 4.90 Å². The summed E-state index contributed by atoms with van der Waals surface area (Å²) in [6.45, 7) is 0. The first-order chi connectivity index (χ1) is 9.04. The van der Waals surface area contributed by atoms with E-state index >= 15 is 0 Å². The van der Waals surface area contributed by atoms with Crippen LogP contribution in [0.5, 0.6) is 0 Å². The van der Waals surface area contributed by atoms with Crippen LogP contribution in [0.25, 0.3) is 0 Å². The van der Waals surface area contributed by atoms with Crippen LogP contribution in [0.1, 0.15) is 12.8 Å². The summed E-state index contributed by atoms with van der Waals surface area (Å²) in [4.78, 5) is 1.57. The number of sulfonamides is 2. The van der Waals surface area contributed by atoms with E-state index in [1.807, 2.05) is 0 Å². The number of hydrogen-bond acceptors (Lipinski definition) is 4. The average molecular weight is 370 g/mol. The molecule has 0 unspecified atom stereocenters. The molecule has 0 bridgehead atoms. The van der Waals surface area contributed by atoms with Gasteiger partial charge in [0.05, 0.1) is 11.5 Å². The summed E-state index contributed by atoms with van der Waals surface area (Å²) in [5, 5.41) is 4.64. The van der Waals surface area contributed by atoms with Crippen molar-refractivity contribution in [2.45, 2.75) is 12.8 Å². The highest BCUT2D eigenvalue weighted by atomic mass is 35.5.